The first kappa shape index (κ1) is 4.28. The van der Waals surface area contributed by atoms with E-state index in [1.165, 1.54) is 6.08 Å². The minimum absolute atomic E-state index is 0.231. The van der Waals surface area contributed by atoms with E-state index in [1.807, 2.05) is 0 Å². The van der Waals surface area contributed by atoms with Crippen LogP contribution in [-0.4, -0.2) is 5.78 Å². The van der Waals surface area contributed by atoms with Gasteiger partial charge in [0.05, 0.1) is 6.92 Å². The summed E-state index contributed by atoms with van der Waals surface area (Å²) >= 11 is 0. The standard InChI is InChI=1S/C4H5O/c1-3-4(2)5/h3H,1-2H2/q+1. The van der Waals surface area contributed by atoms with Crippen LogP contribution in [0, 0.1) is 6.92 Å². The molecule has 0 amide bonds. The summed E-state index contributed by atoms with van der Waals surface area (Å²) in [5, 5.41) is 0. The van der Waals surface area contributed by atoms with E-state index in [0.29, 0.717) is 0 Å². The van der Waals surface area contributed by atoms with Crippen LogP contribution in [0.3, 0.4) is 0 Å². The maximum atomic E-state index is 9.58. The van der Waals surface area contributed by atoms with E-state index in [2.05, 4.69) is 13.5 Å². The number of rotatable bonds is 1. The summed E-state index contributed by atoms with van der Waals surface area (Å²) in [6, 6.07) is 0. The number of hydrogen-bond donors (Lipinski definition) is 0. The summed E-state index contributed by atoms with van der Waals surface area (Å²) < 4.78 is 0. The molecule has 0 aromatic heterocycles. The van der Waals surface area contributed by atoms with Gasteiger partial charge >= 0.3 is 5.78 Å². The van der Waals surface area contributed by atoms with Gasteiger partial charge in [-0.15, -0.1) is 0 Å². The van der Waals surface area contributed by atoms with Crippen LogP contribution in [0.1, 0.15) is 0 Å². The van der Waals surface area contributed by atoms with E-state index < -0.39 is 0 Å². The molecule has 0 saturated heterocycles. The second-order valence-electron chi connectivity index (χ2n) is 0.670. The Hall–Kier alpha value is -0.720. The Morgan fingerprint density at radius 2 is 2.20 bits per heavy atom. The van der Waals surface area contributed by atoms with Crippen molar-refractivity contribution in [3.63, 3.8) is 0 Å². The highest BCUT2D eigenvalue weighted by atomic mass is 16.1. The van der Waals surface area contributed by atoms with Crippen molar-refractivity contribution in [2.45, 2.75) is 0 Å². The highest BCUT2D eigenvalue weighted by Gasteiger charge is 1.83. The molecule has 1 heteroatoms. The third kappa shape index (κ3) is 3.28. The second kappa shape index (κ2) is 1.58. The summed E-state index contributed by atoms with van der Waals surface area (Å²) in [4.78, 5) is 9.58. The summed E-state index contributed by atoms with van der Waals surface area (Å²) in [6.07, 6.45) is 1.17. The maximum Gasteiger partial charge on any atom is 0.325 e. The van der Waals surface area contributed by atoms with Crippen molar-refractivity contribution in [2.75, 3.05) is 0 Å². The lowest BCUT2D eigenvalue weighted by Gasteiger charge is -1.50. The summed E-state index contributed by atoms with van der Waals surface area (Å²) in [5.74, 6) is -0.231. The molecular weight excluding hydrogens is 64.0 g/mol. The Morgan fingerprint density at radius 1 is 2.00 bits per heavy atom. The maximum absolute atomic E-state index is 9.58. The molecule has 5 heavy (non-hydrogen) atoms. The largest absolute Gasteiger partial charge is 0.325 e. The van der Waals surface area contributed by atoms with Gasteiger partial charge in [-0.25, -0.2) is 4.79 Å². The second-order valence-corrected chi connectivity index (χ2v) is 0.670. The molecule has 0 atom stereocenters. The predicted molar refractivity (Wildman–Crippen MR) is 20.6 cm³/mol. The molecule has 1 nitrogen and oxygen atoms in total. The lowest BCUT2D eigenvalue weighted by molar-refractivity contribution is -0.110. The van der Waals surface area contributed by atoms with Gasteiger partial charge in [0.25, 0.3) is 0 Å². The van der Waals surface area contributed by atoms with Gasteiger partial charge in [-0.1, -0.05) is 0 Å². The van der Waals surface area contributed by atoms with Gasteiger partial charge in [0, 0.05) is 0 Å². The molecule has 0 radical (unpaired) electrons. The van der Waals surface area contributed by atoms with E-state index >= 15 is 0 Å². The lowest BCUT2D eigenvalue weighted by atomic mass is 10.5. The number of carbonyl (C=O) groups is 1. The van der Waals surface area contributed by atoms with Crippen molar-refractivity contribution >= 4 is 5.78 Å². The Labute approximate surface area is 31.3 Å². The molecule has 0 aromatic carbocycles. The van der Waals surface area contributed by atoms with Crippen LogP contribution in [0.25, 0.3) is 0 Å². The Balaban J connectivity index is 3.20. The first-order valence-electron chi connectivity index (χ1n) is 1.25. The average molecular weight is 69.1 g/mol. The Morgan fingerprint density at radius 3 is 2.20 bits per heavy atom. The zero-order valence-electron chi connectivity index (χ0n) is 2.90. The zero-order valence-corrected chi connectivity index (χ0v) is 2.90. The molecule has 0 aliphatic carbocycles. The van der Waals surface area contributed by atoms with E-state index in [4.69, 9.17) is 0 Å². The third-order valence-electron chi connectivity index (χ3n) is 0.228. The van der Waals surface area contributed by atoms with Gasteiger partial charge in [0.1, 0.15) is 6.08 Å². The van der Waals surface area contributed by atoms with Gasteiger partial charge in [0.2, 0.25) is 0 Å². The molecule has 0 aliphatic heterocycles. The van der Waals surface area contributed by atoms with E-state index in [1.54, 1.807) is 0 Å². The number of ketones is 1. The highest BCUT2D eigenvalue weighted by molar-refractivity contribution is 5.92. The smallest absolute Gasteiger partial charge is 0.241 e. The molecule has 26 valence electrons. The van der Waals surface area contributed by atoms with Crippen LogP contribution < -0.4 is 0 Å². The van der Waals surface area contributed by atoms with Crippen molar-refractivity contribution in [1.82, 2.24) is 0 Å². The van der Waals surface area contributed by atoms with Crippen LogP contribution in [0.5, 0.6) is 0 Å². The van der Waals surface area contributed by atoms with Crippen molar-refractivity contribution in [2.24, 2.45) is 0 Å². The van der Waals surface area contributed by atoms with Crippen molar-refractivity contribution in [3.05, 3.63) is 19.6 Å². The number of carbonyl (C=O) groups excluding carboxylic acids is 1. The molecule has 0 rings (SSSR count). The first-order chi connectivity index (χ1) is 2.27. The summed E-state index contributed by atoms with van der Waals surface area (Å²) in [6.45, 7) is 6.15. The van der Waals surface area contributed by atoms with Crippen LogP contribution in [0.2, 0.25) is 0 Å². The van der Waals surface area contributed by atoms with Crippen molar-refractivity contribution in [3.8, 4) is 0 Å². The predicted octanol–water partition coefficient (Wildman–Crippen LogP) is 0.576. The fourth-order valence-electron chi connectivity index (χ4n) is 0. The van der Waals surface area contributed by atoms with E-state index in [9.17, 15) is 4.79 Å². The van der Waals surface area contributed by atoms with Crippen LogP contribution in [0.4, 0.5) is 0 Å². The Kier molecular flexibility index (Phi) is 1.36. The van der Waals surface area contributed by atoms with Crippen LogP contribution in [0.15, 0.2) is 12.7 Å². The molecule has 0 N–H and O–H groups in total. The third-order valence-corrected chi connectivity index (χ3v) is 0.228. The minimum Gasteiger partial charge on any atom is -0.241 e. The van der Waals surface area contributed by atoms with Crippen molar-refractivity contribution in [1.29, 1.82) is 0 Å². The van der Waals surface area contributed by atoms with Crippen molar-refractivity contribution < 1.29 is 4.79 Å². The molecule has 0 aliphatic rings. The molecule has 0 fully saturated rings. The quantitative estimate of drug-likeness (QED) is 0.325. The van der Waals surface area contributed by atoms with Crippen LogP contribution >= 0.6 is 0 Å². The lowest BCUT2D eigenvalue weighted by Crippen LogP contribution is -1.75. The van der Waals surface area contributed by atoms with Gasteiger partial charge in [-0.05, 0) is 6.58 Å². The summed E-state index contributed by atoms with van der Waals surface area (Å²) in [5.41, 5.74) is 0. The highest BCUT2D eigenvalue weighted by Crippen LogP contribution is 1.59. The minimum atomic E-state index is -0.231. The molecule has 0 heterocycles. The molecule has 0 spiro atoms. The van der Waals surface area contributed by atoms with Gasteiger partial charge in [0.15, 0.2) is 0 Å². The van der Waals surface area contributed by atoms with Gasteiger partial charge in [-0.2, -0.15) is 0 Å². The molecule has 0 aromatic rings. The molecular formula is C4H5O+. The average Bonchev–Trinajstić information content (AvgIpc) is 1.38. The van der Waals surface area contributed by atoms with Gasteiger partial charge < -0.3 is 0 Å². The Bertz CT molecular complexity index is 54.7. The SMILES string of the molecule is C=CC([CH2+])=O. The zero-order chi connectivity index (χ0) is 4.28. The van der Waals surface area contributed by atoms with E-state index in [-0.39, 0.29) is 5.78 Å². The molecule has 0 saturated carbocycles. The molecule has 0 bridgehead atoms. The van der Waals surface area contributed by atoms with Crippen LogP contribution in [-0.2, 0) is 4.79 Å². The normalized spacial score (nSPS) is 6.40. The van der Waals surface area contributed by atoms with E-state index in [0.717, 1.165) is 0 Å². The number of hydrogen-bond acceptors (Lipinski definition) is 1. The number of allylic oxidation sites excluding steroid dienone is 1. The van der Waals surface area contributed by atoms with Gasteiger partial charge in [-0.3, -0.25) is 0 Å². The fourth-order valence-corrected chi connectivity index (χ4v) is 0. The first-order valence-corrected chi connectivity index (χ1v) is 1.25. The molecule has 0 unspecified atom stereocenters. The monoisotopic (exact) mass is 69.0 g/mol. The topological polar surface area (TPSA) is 17.1 Å². The summed E-state index contributed by atoms with van der Waals surface area (Å²) in [7, 11) is 0. The fraction of sp³-hybridized carbons (Fsp3) is 0.